The molecule has 1 aliphatic heterocycles. The number of imidazole rings is 1. The topological polar surface area (TPSA) is 85.8 Å². The number of aryl methyl sites for hydroxylation is 1. The SMILES string of the molecule is Cc1cccc(-c2nc3ccccn3c2-c2ccc3ncc(-c4cc5n(n4)CCNC5)cc3n2)n1. The summed E-state index contributed by atoms with van der Waals surface area (Å²) in [5, 5.41) is 8.18. The highest BCUT2D eigenvalue weighted by Gasteiger charge is 2.19. The molecular weight excluding hydrogens is 436 g/mol. The Bertz CT molecular complexity index is 1710. The van der Waals surface area contributed by atoms with E-state index in [-0.39, 0.29) is 0 Å². The highest BCUT2D eigenvalue weighted by Crippen LogP contribution is 2.32. The van der Waals surface area contributed by atoms with E-state index in [0.717, 1.165) is 76.0 Å². The van der Waals surface area contributed by atoms with Gasteiger partial charge in [0, 0.05) is 36.7 Å². The summed E-state index contributed by atoms with van der Waals surface area (Å²) in [6, 6.07) is 20.2. The molecule has 0 bridgehead atoms. The second kappa shape index (κ2) is 7.82. The molecule has 0 saturated carbocycles. The average molecular weight is 459 g/mol. The van der Waals surface area contributed by atoms with Crippen LogP contribution in [0.15, 0.2) is 73.1 Å². The minimum atomic E-state index is 0.810. The summed E-state index contributed by atoms with van der Waals surface area (Å²) in [5.41, 5.74) is 9.90. The third kappa shape index (κ3) is 3.38. The molecule has 6 aromatic heterocycles. The van der Waals surface area contributed by atoms with Crippen molar-refractivity contribution in [1.82, 2.24) is 39.4 Å². The molecule has 0 atom stereocenters. The van der Waals surface area contributed by atoms with E-state index in [1.165, 1.54) is 5.69 Å². The Labute approximate surface area is 201 Å². The van der Waals surface area contributed by atoms with Gasteiger partial charge in [-0.2, -0.15) is 5.10 Å². The number of fused-ring (bicyclic) bond motifs is 3. The maximum absolute atomic E-state index is 5.05. The van der Waals surface area contributed by atoms with E-state index < -0.39 is 0 Å². The molecule has 0 aliphatic carbocycles. The van der Waals surface area contributed by atoms with Gasteiger partial charge in [0.1, 0.15) is 17.0 Å². The minimum Gasteiger partial charge on any atom is -0.309 e. The molecule has 8 heteroatoms. The summed E-state index contributed by atoms with van der Waals surface area (Å²) in [7, 11) is 0. The van der Waals surface area contributed by atoms with Crippen molar-refractivity contribution in [3.05, 3.63) is 84.4 Å². The first-order valence-corrected chi connectivity index (χ1v) is 11.7. The first kappa shape index (κ1) is 20.0. The molecule has 7 rings (SSSR count). The third-order valence-electron chi connectivity index (χ3n) is 6.41. The number of nitrogens with zero attached hydrogens (tertiary/aromatic N) is 7. The lowest BCUT2D eigenvalue weighted by Gasteiger charge is -2.13. The van der Waals surface area contributed by atoms with Crippen LogP contribution in [0, 0.1) is 6.92 Å². The molecule has 0 amide bonds. The van der Waals surface area contributed by atoms with E-state index in [4.69, 9.17) is 20.1 Å². The first-order valence-electron chi connectivity index (χ1n) is 11.7. The van der Waals surface area contributed by atoms with Gasteiger partial charge in [-0.05, 0) is 55.5 Å². The molecule has 0 saturated heterocycles. The van der Waals surface area contributed by atoms with Gasteiger partial charge in [0.2, 0.25) is 0 Å². The monoisotopic (exact) mass is 458 g/mol. The molecule has 0 spiro atoms. The van der Waals surface area contributed by atoms with Crippen molar-refractivity contribution >= 4 is 16.7 Å². The summed E-state index contributed by atoms with van der Waals surface area (Å²) in [4.78, 5) is 19.4. The van der Waals surface area contributed by atoms with Gasteiger partial charge in [0.05, 0.1) is 40.4 Å². The number of rotatable bonds is 3. The summed E-state index contributed by atoms with van der Waals surface area (Å²) in [6.45, 7) is 4.64. The molecule has 170 valence electrons. The number of pyridine rings is 4. The molecule has 0 radical (unpaired) electrons. The van der Waals surface area contributed by atoms with Gasteiger partial charge in [-0.15, -0.1) is 0 Å². The Balaban J connectivity index is 1.40. The van der Waals surface area contributed by atoms with E-state index in [0.29, 0.717) is 0 Å². The highest BCUT2D eigenvalue weighted by molar-refractivity contribution is 5.85. The smallest absolute Gasteiger partial charge is 0.138 e. The summed E-state index contributed by atoms with van der Waals surface area (Å²) in [5.74, 6) is 0. The lowest BCUT2D eigenvalue weighted by molar-refractivity contribution is 0.476. The van der Waals surface area contributed by atoms with Crippen LogP contribution in [-0.4, -0.2) is 40.7 Å². The predicted octanol–water partition coefficient (Wildman–Crippen LogP) is 4.28. The molecule has 7 heterocycles. The zero-order valence-corrected chi connectivity index (χ0v) is 19.2. The van der Waals surface area contributed by atoms with Crippen LogP contribution in [0.5, 0.6) is 0 Å². The number of nitrogens with one attached hydrogen (secondary N) is 1. The van der Waals surface area contributed by atoms with Crippen LogP contribution >= 0.6 is 0 Å². The summed E-state index contributed by atoms with van der Waals surface area (Å²) >= 11 is 0. The van der Waals surface area contributed by atoms with E-state index >= 15 is 0 Å². The van der Waals surface area contributed by atoms with E-state index in [1.807, 2.05) is 67.8 Å². The van der Waals surface area contributed by atoms with Gasteiger partial charge in [-0.25, -0.2) is 9.97 Å². The van der Waals surface area contributed by atoms with Crippen LogP contribution in [0.3, 0.4) is 0 Å². The predicted molar refractivity (Wildman–Crippen MR) is 135 cm³/mol. The van der Waals surface area contributed by atoms with Crippen LogP contribution in [0.25, 0.3) is 50.7 Å². The average Bonchev–Trinajstić information content (AvgIpc) is 3.50. The van der Waals surface area contributed by atoms with Crippen molar-refractivity contribution in [2.24, 2.45) is 0 Å². The maximum Gasteiger partial charge on any atom is 0.138 e. The van der Waals surface area contributed by atoms with Crippen molar-refractivity contribution in [2.75, 3.05) is 6.54 Å². The third-order valence-corrected chi connectivity index (χ3v) is 6.41. The van der Waals surface area contributed by atoms with Gasteiger partial charge >= 0.3 is 0 Å². The van der Waals surface area contributed by atoms with E-state index in [1.54, 1.807) is 0 Å². The van der Waals surface area contributed by atoms with Gasteiger partial charge < -0.3 is 5.32 Å². The van der Waals surface area contributed by atoms with Crippen molar-refractivity contribution < 1.29 is 0 Å². The van der Waals surface area contributed by atoms with Crippen LogP contribution in [0.4, 0.5) is 0 Å². The second-order valence-corrected chi connectivity index (χ2v) is 8.78. The second-order valence-electron chi connectivity index (χ2n) is 8.78. The quantitative estimate of drug-likeness (QED) is 0.426. The van der Waals surface area contributed by atoms with Gasteiger partial charge in [-0.1, -0.05) is 12.1 Å². The van der Waals surface area contributed by atoms with Crippen LogP contribution in [0.1, 0.15) is 11.4 Å². The molecule has 35 heavy (non-hydrogen) atoms. The largest absolute Gasteiger partial charge is 0.309 e. The molecular formula is C27H22N8. The molecule has 0 aromatic carbocycles. The zero-order chi connectivity index (χ0) is 23.4. The van der Waals surface area contributed by atoms with Crippen molar-refractivity contribution in [3.8, 4) is 34.0 Å². The Morgan fingerprint density at radius 2 is 1.83 bits per heavy atom. The van der Waals surface area contributed by atoms with Crippen LogP contribution in [-0.2, 0) is 13.1 Å². The fraction of sp³-hybridized carbons (Fsp3) is 0.148. The molecule has 6 aromatic rings. The van der Waals surface area contributed by atoms with E-state index in [2.05, 4.69) is 31.5 Å². The van der Waals surface area contributed by atoms with Gasteiger partial charge in [0.25, 0.3) is 0 Å². The van der Waals surface area contributed by atoms with Crippen molar-refractivity contribution in [1.29, 1.82) is 0 Å². The molecule has 1 N–H and O–H groups in total. The van der Waals surface area contributed by atoms with Gasteiger partial charge in [0.15, 0.2) is 0 Å². The molecule has 0 unspecified atom stereocenters. The minimum absolute atomic E-state index is 0.810. The van der Waals surface area contributed by atoms with Crippen LogP contribution < -0.4 is 5.32 Å². The highest BCUT2D eigenvalue weighted by atomic mass is 15.3. The standard InChI is InChI=1S/C27H22N8/c1-17-5-4-6-21(30-17)26-27(34-11-3-2-7-25(34)32-26)22-9-8-20-24(31-22)13-18(15-29-20)23-14-19-16-28-10-12-35(19)33-23/h2-9,11,13-15,28H,10,12,16H2,1H3. The molecule has 0 fully saturated rings. The first-order chi connectivity index (χ1) is 17.2. The van der Waals surface area contributed by atoms with Crippen LogP contribution in [0.2, 0.25) is 0 Å². The van der Waals surface area contributed by atoms with Crippen molar-refractivity contribution in [3.63, 3.8) is 0 Å². The maximum atomic E-state index is 5.05. The van der Waals surface area contributed by atoms with E-state index in [9.17, 15) is 0 Å². The number of hydrogen-bond acceptors (Lipinski definition) is 6. The summed E-state index contributed by atoms with van der Waals surface area (Å²) < 4.78 is 4.14. The lowest BCUT2D eigenvalue weighted by Crippen LogP contribution is -2.28. The number of aromatic nitrogens is 7. The normalized spacial score (nSPS) is 13.4. The number of hydrogen-bond donors (Lipinski definition) is 1. The zero-order valence-electron chi connectivity index (χ0n) is 19.2. The Kier molecular flexibility index (Phi) is 4.46. The Morgan fingerprint density at radius 1 is 0.857 bits per heavy atom. The Hall–Kier alpha value is -4.43. The molecule has 1 aliphatic rings. The lowest BCUT2D eigenvalue weighted by atomic mass is 10.1. The fourth-order valence-corrected chi connectivity index (χ4v) is 4.71. The summed E-state index contributed by atoms with van der Waals surface area (Å²) in [6.07, 6.45) is 3.89. The Morgan fingerprint density at radius 3 is 2.74 bits per heavy atom. The van der Waals surface area contributed by atoms with Crippen molar-refractivity contribution in [2.45, 2.75) is 20.0 Å². The van der Waals surface area contributed by atoms with Gasteiger partial charge in [-0.3, -0.25) is 19.1 Å². The fourth-order valence-electron chi connectivity index (χ4n) is 4.71. The molecule has 8 nitrogen and oxygen atoms in total.